The van der Waals surface area contributed by atoms with Crippen molar-refractivity contribution >= 4 is 85.9 Å². The van der Waals surface area contributed by atoms with Crippen molar-refractivity contribution in [1.29, 1.82) is 0 Å². The molecule has 2 nitrogen and oxygen atoms in total. The van der Waals surface area contributed by atoms with E-state index < -0.39 is 0 Å². The van der Waals surface area contributed by atoms with Crippen molar-refractivity contribution in [2.75, 3.05) is 0 Å². The Bertz CT molecular complexity index is 3090. The number of aromatic nitrogens is 2. The summed E-state index contributed by atoms with van der Waals surface area (Å²) in [7, 11) is 0. The van der Waals surface area contributed by atoms with Crippen LogP contribution in [0.25, 0.3) is 97.1 Å². The van der Waals surface area contributed by atoms with Crippen LogP contribution in [0.15, 0.2) is 170 Å². The molecule has 0 bridgehead atoms. The van der Waals surface area contributed by atoms with Crippen molar-refractivity contribution in [3.05, 3.63) is 170 Å². The fourth-order valence-electron chi connectivity index (χ4n) is 8.18. The Morgan fingerprint density at radius 3 is 1.82 bits per heavy atom. The fourth-order valence-corrected chi connectivity index (χ4v) is 9.42. The summed E-state index contributed by atoms with van der Waals surface area (Å²) in [6.45, 7) is 0. The van der Waals surface area contributed by atoms with Gasteiger partial charge in [0.15, 0.2) is 0 Å². The maximum atomic E-state index is 2.50. The number of nitrogens with zero attached hydrogens (tertiary/aromatic N) is 2. The van der Waals surface area contributed by atoms with Crippen molar-refractivity contribution in [2.24, 2.45) is 0 Å². The molecule has 11 aromatic rings. The lowest BCUT2D eigenvalue weighted by atomic mass is 10.0. The van der Waals surface area contributed by atoms with Gasteiger partial charge < -0.3 is 9.13 Å². The first-order valence-corrected chi connectivity index (χ1v) is 17.6. The zero-order chi connectivity index (χ0) is 32.1. The molecule has 0 saturated heterocycles. The first kappa shape index (κ1) is 26.9. The summed E-state index contributed by atoms with van der Waals surface area (Å²) < 4.78 is 7.66. The number of fused-ring (bicyclic) bond motifs is 12. The summed E-state index contributed by atoms with van der Waals surface area (Å²) in [6.07, 6.45) is 0. The van der Waals surface area contributed by atoms with Gasteiger partial charge in [-0.3, -0.25) is 0 Å². The lowest BCUT2D eigenvalue weighted by Gasteiger charge is -2.14. The van der Waals surface area contributed by atoms with Crippen molar-refractivity contribution < 1.29 is 0 Å². The molecule has 3 heteroatoms. The van der Waals surface area contributed by atoms with Gasteiger partial charge in [-0.2, -0.15) is 0 Å². The monoisotopic (exact) mass is 640 g/mol. The number of thiophene rings is 1. The average Bonchev–Trinajstić information content (AvgIpc) is 3.83. The first-order chi connectivity index (χ1) is 24.3. The fraction of sp³-hybridized carbons (Fsp3) is 0. The molecular weight excluding hydrogens is 613 g/mol. The van der Waals surface area contributed by atoms with Crippen LogP contribution in [0, 0.1) is 0 Å². The maximum absolute atomic E-state index is 2.50. The molecular formula is C46H28N2S. The van der Waals surface area contributed by atoms with Crippen LogP contribution in [0.1, 0.15) is 0 Å². The molecule has 11 rings (SSSR count). The van der Waals surface area contributed by atoms with Crippen LogP contribution >= 0.6 is 11.3 Å². The van der Waals surface area contributed by atoms with E-state index in [1.54, 1.807) is 0 Å². The summed E-state index contributed by atoms with van der Waals surface area (Å²) in [5.41, 5.74) is 9.74. The number of hydrogen-bond donors (Lipinski definition) is 0. The van der Waals surface area contributed by atoms with Gasteiger partial charge in [0.25, 0.3) is 0 Å². The van der Waals surface area contributed by atoms with Crippen LogP contribution in [0.2, 0.25) is 0 Å². The smallest absolute Gasteiger partial charge is 0.0789 e. The van der Waals surface area contributed by atoms with E-state index >= 15 is 0 Å². The highest BCUT2D eigenvalue weighted by atomic mass is 32.1. The quantitative estimate of drug-likeness (QED) is 0.182. The third-order valence-electron chi connectivity index (χ3n) is 10.3. The molecule has 3 aromatic heterocycles. The predicted octanol–water partition coefficient (Wildman–Crippen LogP) is 13.1. The molecule has 49 heavy (non-hydrogen) atoms. The Kier molecular flexibility index (Phi) is 5.57. The van der Waals surface area contributed by atoms with E-state index in [0.29, 0.717) is 0 Å². The Balaban J connectivity index is 1.23. The Morgan fingerprint density at radius 1 is 0.347 bits per heavy atom. The van der Waals surface area contributed by atoms with Crippen LogP contribution in [0.5, 0.6) is 0 Å². The van der Waals surface area contributed by atoms with Gasteiger partial charge in [-0.05, 0) is 52.9 Å². The summed E-state index contributed by atoms with van der Waals surface area (Å²) in [5.74, 6) is 0. The Labute approximate surface area is 286 Å². The molecule has 0 spiro atoms. The standard InChI is InChI=1S/C46H28N2S/c1-2-12-31(13-3-1)48-43-33-14-5-4-11-29(33)23-26-38(43)39-28-27-37-35-15-6-8-19-41(35)47(44(37)45(39)48)32-24-21-30(22-25-32)34-17-10-18-40-36-16-7-9-20-42(36)49-46(34)40/h1-28H. The highest BCUT2D eigenvalue weighted by molar-refractivity contribution is 7.26. The third kappa shape index (κ3) is 3.76. The molecule has 0 N–H and O–H groups in total. The summed E-state index contributed by atoms with van der Waals surface area (Å²) in [5, 5.41) is 10.2. The number of para-hydroxylation sites is 2. The van der Waals surface area contributed by atoms with Gasteiger partial charge in [-0.1, -0.05) is 133 Å². The van der Waals surface area contributed by atoms with Crippen molar-refractivity contribution in [2.45, 2.75) is 0 Å². The van der Waals surface area contributed by atoms with E-state index in [1.165, 1.54) is 85.7 Å². The molecule has 0 aliphatic rings. The molecule has 0 amide bonds. The number of rotatable bonds is 3. The van der Waals surface area contributed by atoms with Gasteiger partial charge in [-0.15, -0.1) is 11.3 Å². The molecule has 3 heterocycles. The van der Waals surface area contributed by atoms with Gasteiger partial charge >= 0.3 is 0 Å². The molecule has 0 aliphatic carbocycles. The van der Waals surface area contributed by atoms with Crippen molar-refractivity contribution in [3.8, 4) is 22.5 Å². The average molecular weight is 641 g/mol. The van der Waals surface area contributed by atoms with E-state index in [2.05, 4.69) is 179 Å². The highest BCUT2D eigenvalue weighted by Gasteiger charge is 2.22. The number of benzene rings is 8. The van der Waals surface area contributed by atoms with Crippen LogP contribution in [0.3, 0.4) is 0 Å². The van der Waals surface area contributed by atoms with Crippen molar-refractivity contribution in [1.82, 2.24) is 9.13 Å². The Morgan fingerprint density at radius 2 is 0.959 bits per heavy atom. The minimum Gasteiger partial charge on any atom is -0.307 e. The maximum Gasteiger partial charge on any atom is 0.0789 e. The highest BCUT2D eigenvalue weighted by Crippen LogP contribution is 2.44. The SMILES string of the molecule is c1ccc(-n2c3c4ccccc4ccc3c3ccc4c5ccccc5n(-c5ccc(-c6cccc7c6sc6ccccc67)cc5)c4c32)cc1. The van der Waals surface area contributed by atoms with E-state index in [9.17, 15) is 0 Å². The summed E-state index contributed by atoms with van der Waals surface area (Å²) in [6, 6.07) is 62.4. The minimum absolute atomic E-state index is 1.15. The molecule has 0 radical (unpaired) electrons. The second-order valence-electron chi connectivity index (χ2n) is 12.9. The Hall–Kier alpha value is -6.16. The molecule has 0 fully saturated rings. The molecule has 0 saturated carbocycles. The van der Waals surface area contributed by atoms with Gasteiger partial charge in [0.1, 0.15) is 0 Å². The normalized spacial score (nSPS) is 12.1. The summed E-state index contributed by atoms with van der Waals surface area (Å²) >= 11 is 1.88. The van der Waals surface area contributed by atoms with E-state index in [1.807, 2.05) is 11.3 Å². The van der Waals surface area contributed by atoms with Gasteiger partial charge in [0.2, 0.25) is 0 Å². The zero-order valence-corrected chi connectivity index (χ0v) is 27.3. The second-order valence-corrected chi connectivity index (χ2v) is 13.9. The van der Waals surface area contributed by atoms with Crippen molar-refractivity contribution in [3.63, 3.8) is 0 Å². The summed E-state index contributed by atoms with van der Waals surface area (Å²) in [4.78, 5) is 0. The largest absolute Gasteiger partial charge is 0.307 e. The predicted molar refractivity (Wildman–Crippen MR) is 211 cm³/mol. The van der Waals surface area contributed by atoms with Crippen LogP contribution in [0.4, 0.5) is 0 Å². The van der Waals surface area contributed by atoms with Gasteiger partial charge in [0.05, 0.1) is 22.1 Å². The molecule has 0 aliphatic heterocycles. The zero-order valence-electron chi connectivity index (χ0n) is 26.5. The van der Waals surface area contributed by atoms with Gasteiger partial charge in [-0.25, -0.2) is 0 Å². The first-order valence-electron chi connectivity index (χ1n) is 16.8. The second kappa shape index (κ2) is 10.2. The molecule has 228 valence electrons. The number of hydrogen-bond acceptors (Lipinski definition) is 1. The molecule has 0 unspecified atom stereocenters. The lowest BCUT2D eigenvalue weighted by molar-refractivity contribution is 1.15. The van der Waals surface area contributed by atoms with Crippen LogP contribution in [-0.2, 0) is 0 Å². The van der Waals surface area contributed by atoms with Gasteiger partial charge in [0, 0.05) is 58.5 Å². The third-order valence-corrected chi connectivity index (χ3v) is 11.5. The van der Waals surface area contributed by atoms with Crippen LogP contribution in [-0.4, -0.2) is 9.13 Å². The van der Waals surface area contributed by atoms with E-state index in [0.717, 1.165) is 11.4 Å². The van der Waals surface area contributed by atoms with E-state index in [-0.39, 0.29) is 0 Å². The minimum atomic E-state index is 1.15. The topological polar surface area (TPSA) is 9.86 Å². The van der Waals surface area contributed by atoms with E-state index in [4.69, 9.17) is 0 Å². The molecule has 8 aromatic carbocycles. The van der Waals surface area contributed by atoms with Crippen LogP contribution < -0.4 is 0 Å². The lowest BCUT2D eigenvalue weighted by Crippen LogP contribution is -1.99. The molecule has 0 atom stereocenters.